The summed E-state index contributed by atoms with van der Waals surface area (Å²) in [7, 11) is 0. The number of benzene rings is 1. The van der Waals surface area contributed by atoms with Crippen LogP contribution in [0.15, 0.2) is 30.5 Å². The van der Waals surface area contributed by atoms with Crippen molar-refractivity contribution in [3.05, 3.63) is 36.0 Å². The SMILES string of the molecule is CC(C)[C@H]1NC(=O)CNC(=O)[C@@H](C)NC(=O)[C@@H](Cc2c[nH]c3ccccc23)NC(=O)[C@@H](C)NC1=O. The van der Waals surface area contributed by atoms with E-state index in [1.807, 2.05) is 24.3 Å². The number of hydrogen-bond donors (Lipinski definition) is 6. The van der Waals surface area contributed by atoms with Gasteiger partial charge in [0.2, 0.25) is 29.5 Å². The molecule has 5 amide bonds. The van der Waals surface area contributed by atoms with Gasteiger partial charge in [0.05, 0.1) is 6.54 Å². The van der Waals surface area contributed by atoms with E-state index < -0.39 is 53.7 Å². The zero-order chi connectivity index (χ0) is 25.7. The number of amides is 5. The lowest BCUT2D eigenvalue weighted by molar-refractivity contribution is -0.133. The highest BCUT2D eigenvalue weighted by Crippen LogP contribution is 2.19. The summed E-state index contributed by atoms with van der Waals surface area (Å²) in [6, 6.07) is 3.72. The van der Waals surface area contributed by atoms with Gasteiger partial charge in [-0.15, -0.1) is 0 Å². The molecule has 0 saturated carbocycles. The third-order valence-electron chi connectivity index (χ3n) is 5.92. The average Bonchev–Trinajstić information content (AvgIpc) is 3.22. The van der Waals surface area contributed by atoms with Gasteiger partial charge in [0, 0.05) is 23.5 Å². The molecule has 11 nitrogen and oxygen atoms in total. The smallest absolute Gasteiger partial charge is 0.243 e. The molecular weight excluding hydrogens is 452 g/mol. The van der Waals surface area contributed by atoms with Crippen LogP contribution < -0.4 is 26.6 Å². The standard InChI is InChI=1S/C24H32N6O5/c1-12(2)20-24(35)28-14(4)22(33)29-18(9-15-10-25-17-8-6-5-7-16(15)17)23(34)27-13(3)21(32)26-11-19(31)30-20/h5-8,10,12-14,18,20,25H,9,11H2,1-4H3,(H,26,32)(H,27,34)(H,28,35)(H,29,33)(H,30,31)/t13-,14-,18-,20-/m1/s1. The molecule has 6 N–H and O–H groups in total. The summed E-state index contributed by atoms with van der Waals surface area (Å²) in [6.45, 7) is 6.13. The molecule has 0 radical (unpaired) electrons. The van der Waals surface area contributed by atoms with Crippen LogP contribution in [-0.2, 0) is 30.4 Å². The Labute approximate surface area is 203 Å². The van der Waals surface area contributed by atoms with Gasteiger partial charge in [-0.05, 0) is 31.4 Å². The van der Waals surface area contributed by atoms with Crippen LogP contribution in [-0.4, -0.2) is 65.2 Å². The normalized spacial score (nSPS) is 25.1. The second-order valence-corrected chi connectivity index (χ2v) is 9.09. The molecule has 4 atom stereocenters. The van der Waals surface area contributed by atoms with Crippen LogP contribution in [0.1, 0.15) is 33.3 Å². The highest BCUT2D eigenvalue weighted by Gasteiger charge is 2.31. The number of nitrogens with one attached hydrogen (secondary N) is 6. The van der Waals surface area contributed by atoms with Crippen LogP contribution in [0.2, 0.25) is 0 Å². The van der Waals surface area contributed by atoms with Crippen molar-refractivity contribution in [2.24, 2.45) is 5.92 Å². The number of carbonyl (C=O) groups is 5. The fraction of sp³-hybridized carbons (Fsp3) is 0.458. The first-order valence-corrected chi connectivity index (χ1v) is 11.6. The second-order valence-electron chi connectivity index (χ2n) is 9.09. The summed E-state index contributed by atoms with van der Waals surface area (Å²) in [5.74, 6) is -3.07. The third kappa shape index (κ3) is 6.37. The molecule has 1 aromatic carbocycles. The van der Waals surface area contributed by atoms with Crippen molar-refractivity contribution in [2.75, 3.05) is 6.54 Å². The van der Waals surface area contributed by atoms with E-state index in [2.05, 4.69) is 31.6 Å². The summed E-state index contributed by atoms with van der Waals surface area (Å²) >= 11 is 0. The third-order valence-corrected chi connectivity index (χ3v) is 5.92. The fourth-order valence-corrected chi connectivity index (χ4v) is 3.85. The first-order chi connectivity index (χ1) is 16.6. The van der Waals surface area contributed by atoms with Crippen molar-refractivity contribution < 1.29 is 24.0 Å². The topological polar surface area (TPSA) is 161 Å². The minimum absolute atomic E-state index is 0.158. The molecule has 2 heterocycles. The number of rotatable bonds is 3. The van der Waals surface area contributed by atoms with Gasteiger partial charge >= 0.3 is 0 Å². The number of aromatic amines is 1. The van der Waals surface area contributed by atoms with Gasteiger partial charge < -0.3 is 31.6 Å². The Bertz CT molecular complexity index is 1130. The predicted molar refractivity (Wildman–Crippen MR) is 129 cm³/mol. The number of para-hydroxylation sites is 1. The molecule has 1 aromatic heterocycles. The minimum Gasteiger partial charge on any atom is -0.361 e. The van der Waals surface area contributed by atoms with Crippen LogP contribution in [0.4, 0.5) is 0 Å². The Morgan fingerprint density at radius 1 is 0.829 bits per heavy atom. The lowest BCUT2D eigenvalue weighted by Gasteiger charge is -2.25. The van der Waals surface area contributed by atoms with E-state index in [4.69, 9.17) is 0 Å². The first-order valence-electron chi connectivity index (χ1n) is 11.6. The lowest BCUT2D eigenvalue weighted by atomic mass is 10.0. The van der Waals surface area contributed by atoms with E-state index in [-0.39, 0.29) is 18.9 Å². The maximum Gasteiger partial charge on any atom is 0.243 e. The molecule has 3 rings (SSSR count). The van der Waals surface area contributed by atoms with Gasteiger partial charge in [0.25, 0.3) is 0 Å². The van der Waals surface area contributed by atoms with Crippen LogP contribution >= 0.6 is 0 Å². The molecule has 0 unspecified atom stereocenters. The number of aromatic nitrogens is 1. The van der Waals surface area contributed by atoms with Crippen LogP contribution in [0.3, 0.4) is 0 Å². The van der Waals surface area contributed by atoms with E-state index in [1.165, 1.54) is 13.8 Å². The monoisotopic (exact) mass is 484 g/mol. The van der Waals surface area contributed by atoms with E-state index >= 15 is 0 Å². The average molecular weight is 485 g/mol. The second kappa shape index (κ2) is 11.0. The Hall–Kier alpha value is -3.89. The predicted octanol–water partition coefficient (Wildman–Crippen LogP) is -0.525. The van der Waals surface area contributed by atoms with Gasteiger partial charge in [0.15, 0.2) is 0 Å². The molecular formula is C24H32N6O5. The molecule has 0 spiro atoms. The summed E-state index contributed by atoms with van der Waals surface area (Å²) < 4.78 is 0. The maximum atomic E-state index is 13.1. The quantitative estimate of drug-likeness (QED) is 0.345. The zero-order valence-electron chi connectivity index (χ0n) is 20.2. The Kier molecular flexibility index (Phi) is 8.10. The number of fused-ring (bicyclic) bond motifs is 1. The van der Waals surface area contributed by atoms with E-state index in [1.54, 1.807) is 20.0 Å². The molecule has 35 heavy (non-hydrogen) atoms. The molecule has 188 valence electrons. The molecule has 1 fully saturated rings. The van der Waals surface area contributed by atoms with Gasteiger partial charge in [-0.1, -0.05) is 32.0 Å². The summed E-state index contributed by atoms with van der Waals surface area (Å²) in [6.07, 6.45) is 1.93. The maximum absolute atomic E-state index is 13.1. The molecule has 2 aromatic rings. The minimum atomic E-state index is -1.01. The van der Waals surface area contributed by atoms with Crippen molar-refractivity contribution in [3.63, 3.8) is 0 Å². The first kappa shape index (κ1) is 25.7. The highest BCUT2D eigenvalue weighted by molar-refractivity contribution is 5.97. The van der Waals surface area contributed by atoms with E-state index in [9.17, 15) is 24.0 Å². The number of H-pyrrole nitrogens is 1. The summed E-state index contributed by atoms with van der Waals surface area (Å²) in [5, 5.41) is 13.8. The van der Waals surface area contributed by atoms with Crippen molar-refractivity contribution in [2.45, 2.75) is 58.3 Å². The Morgan fingerprint density at radius 2 is 1.49 bits per heavy atom. The van der Waals surface area contributed by atoms with E-state index in [0.717, 1.165) is 16.5 Å². The number of carbonyl (C=O) groups excluding carboxylic acids is 5. The van der Waals surface area contributed by atoms with Crippen molar-refractivity contribution >= 4 is 40.4 Å². The fourth-order valence-electron chi connectivity index (χ4n) is 3.85. The lowest BCUT2D eigenvalue weighted by Crippen LogP contribution is -2.57. The number of hydrogen-bond acceptors (Lipinski definition) is 5. The summed E-state index contributed by atoms with van der Waals surface area (Å²) in [5.41, 5.74) is 1.69. The molecule has 1 aliphatic heterocycles. The van der Waals surface area contributed by atoms with Crippen molar-refractivity contribution in [1.82, 2.24) is 31.6 Å². The highest BCUT2D eigenvalue weighted by atomic mass is 16.2. The molecule has 11 heteroatoms. The molecule has 0 aliphatic carbocycles. The Morgan fingerprint density at radius 3 is 2.20 bits per heavy atom. The molecule has 1 aliphatic rings. The van der Waals surface area contributed by atoms with Gasteiger partial charge in [0.1, 0.15) is 24.2 Å². The van der Waals surface area contributed by atoms with Crippen LogP contribution in [0, 0.1) is 5.92 Å². The van der Waals surface area contributed by atoms with Gasteiger partial charge in [-0.3, -0.25) is 24.0 Å². The zero-order valence-corrected chi connectivity index (χ0v) is 20.2. The van der Waals surface area contributed by atoms with Crippen LogP contribution in [0.5, 0.6) is 0 Å². The molecule has 0 bridgehead atoms. The van der Waals surface area contributed by atoms with E-state index in [0.29, 0.717) is 0 Å². The largest absolute Gasteiger partial charge is 0.361 e. The van der Waals surface area contributed by atoms with Crippen molar-refractivity contribution in [1.29, 1.82) is 0 Å². The molecule has 1 saturated heterocycles. The van der Waals surface area contributed by atoms with Gasteiger partial charge in [-0.2, -0.15) is 0 Å². The summed E-state index contributed by atoms with van der Waals surface area (Å²) in [4.78, 5) is 66.8. The van der Waals surface area contributed by atoms with Gasteiger partial charge in [-0.25, -0.2) is 0 Å². The van der Waals surface area contributed by atoms with Crippen LogP contribution in [0.25, 0.3) is 10.9 Å². The Balaban J connectivity index is 1.89. The van der Waals surface area contributed by atoms with Crippen molar-refractivity contribution in [3.8, 4) is 0 Å².